The van der Waals surface area contributed by atoms with Gasteiger partial charge in [-0.05, 0) is 51.5 Å². The Morgan fingerprint density at radius 1 is 1.00 bits per heavy atom. The van der Waals surface area contributed by atoms with Crippen LogP contribution in [0.1, 0.15) is 38.8 Å². The van der Waals surface area contributed by atoms with E-state index >= 15 is 4.39 Å². The number of benzene rings is 2. The lowest BCUT2D eigenvalue weighted by molar-refractivity contribution is 0.00578. The van der Waals surface area contributed by atoms with E-state index in [1.54, 1.807) is 0 Å². The molecule has 0 atom stereocenters. The van der Waals surface area contributed by atoms with E-state index in [2.05, 4.69) is 21.2 Å². The molecular formula is C21H24BBrFNO2. The fourth-order valence-electron chi connectivity index (χ4n) is 3.03. The molecule has 142 valence electrons. The van der Waals surface area contributed by atoms with Crippen LogP contribution in [0.2, 0.25) is 0 Å². The molecule has 1 aliphatic rings. The van der Waals surface area contributed by atoms with Crippen LogP contribution in [0.15, 0.2) is 58.7 Å². The quantitative estimate of drug-likeness (QED) is 0.615. The third kappa shape index (κ3) is 3.84. The van der Waals surface area contributed by atoms with Gasteiger partial charge in [0.1, 0.15) is 5.73 Å². The van der Waals surface area contributed by atoms with Gasteiger partial charge in [0, 0.05) is 28.3 Å². The Hall–Kier alpha value is -1.63. The molecule has 0 radical (unpaired) electrons. The summed E-state index contributed by atoms with van der Waals surface area (Å²) >= 11 is 3.50. The van der Waals surface area contributed by atoms with E-state index in [0.29, 0.717) is 5.57 Å². The van der Waals surface area contributed by atoms with Gasteiger partial charge in [-0.15, -0.1) is 0 Å². The predicted octanol–water partition coefficient (Wildman–Crippen LogP) is 5.85. The molecule has 0 saturated carbocycles. The lowest BCUT2D eigenvalue weighted by Gasteiger charge is -2.32. The third-order valence-corrected chi connectivity index (χ3v) is 5.78. The standard InChI is InChI=1S/C21H24BBrFNO2/c1-20(2)21(3,4)27-22(26-20)19(24)18(14-9-7-6-8-10-14)16-13-15(23)11-12-17(16)25-5/h6-13,25H,1-5H3. The number of hydrogen-bond donors (Lipinski definition) is 1. The first-order valence-electron chi connectivity index (χ1n) is 8.95. The monoisotopic (exact) mass is 431 g/mol. The highest BCUT2D eigenvalue weighted by molar-refractivity contribution is 9.10. The maximum atomic E-state index is 15.9. The van der Waals surface area contributed by atoms with Crippen molar-refractivity contribution in [1.82, 2.24) is 0 Å². The largest absolute Gasteiger partial charge is 0.525 e. The summed E-state index contributed by atoms with van der Waals surface area (Å²) in [5.74, 6) is 0. The van der Waals surface area contributed by atoms with E-state index in [-0.39, 0.29) is 0 Å². The molecule has 3 rings (SSSR count). The number of halogens is 2. The molecule has 2 aromatic carbocycles. The van der Waals surface area contributed by atoms with E-state index in [4.69, 9.17) is 9.31 Å². The molecule has 0 aromatic heterocycles. The minimum Gasteiger partial charge on any atom is -0.398 e. The summed E-state index contributed by atoms with van der Waals surface area (Å²) in [5, 5.41) is 3.15. The molecule has 0 amide bonds. The topological polar surface area (TPSA) is 30.5 Å². The highest BCUT2D eigenvalue weighted by atomic mass is 79.9. The summed E-state index contributed by atoms with van der Waals surface area (Å²) in [5.41, 5.74) is 1.13. The highest BCUT2D eigenvalue weighted by Crippen LogP contribution is 2.42. The minimum absolute atomic E-state index is 0.436. The maximum Gasteiger partial charge on any atom is 0.525 e. The van der Waals surface area contributed by atoms with Crippen molar-refractivity contribution in [3.05, 3.63) is 69.9 Å². The molecular weight excluding hydrogens is 408 g/mol. The number of hydrogen-bond acceptors (Lipinski definition) is 3. The van der Waals surface area contributed by atoms with Gasteiger partial charge in [-0.2, -0.15) is 0 Å². The molecule has 1 saturated heterocycles. The Balaban J connectivity index is 2.20. The molecule has 0 unspecified atom stereocenters. The molecule has 1 fully saturated rings. The van der Waals surface area contributed by atoms with E-state index in [9.17, 15) is 0 Å². The molecule has 1 aliphatic heterocycles. The molecule has 3 nitrogen and oxygen atoms in total. The average Bonchev–Trinajstić information content (AvgIpc) is 2.84. The van der Waals surface area contributed by atoms with Gasteiger partial charge in [-0.25, -0.2) is 4.39 Å². The van der Waals surface area contributed by atoms with Crippen LogP contribution in [-0.4, -0.2) is 25.4 Å². The molecule has 6 heteroatoms. The van der Waals surface area contributed by atoms with Crippen LogP contribution in [0.4, 0.5) is 10.1 Å². The van der Waals surface area contributed by atoms with Gasteiger partial charge in [0.05, 0.1) is 11.2 Å². The van der Waals surface area contributed by atoms with Gasteiger partial charge >= 0.3 is 7.12 Å². The zero-order valence-corrected chi connectivity index (χ0v) is 17.9. The van der Waals surface area contributed by atoms with Crippen molar-refractivity contribution in [3.8, 4) is 0 Å². The van der Waals surface area contributed by atoms with Crippen LogP contribution >= 0.6 is 15.9 Å². The van der Waals surface area contributed by atoms with Crippen LogP contribution in [0.5, 0.6) is 0 Å². The Kier molecular flexibility index (Phi) is 5.53. The van der Waals surface area contributed by atoms with Gasteiger partial charge in [0.2, 0.25) is 0 Å². The van der Waals surface area contributed by atoms with E-state index in [1.165, 1.54) is 0 Å². The molecule has 0 aliphatic carbocycles. The van der Waals surface area contributed by atoms with E-state index in [1.807, 2.05) is 83.3 Å². The zero-order chi connectivity index (χ0) is 19.8. The van der Waals surface area contributed by atoms with Crippen molar-refractivity contribution < 1.29 is 13.7 Å². The van der Waals surface area contributed by atoms with Gasteiger partial charge < -0.3 is 14.6 Å². The third-order valence-electron chi connectivity index (χ3n) is 5.28. The Morgan fingerprint density at radius 2 is 1.59 bits per heavy atom. The van der Waals surface area contributed by atoms with Crippen molar-refractivity contribution in [1.29, 1.82) is 0 Å². The second-order valence-corrected chi connectivity index (χ2v) is 8.53. The van der Waals surface area contributed by atoms with Crippen LogP contribution in [0.25, 0.3) is 5.57 Å². The molecule has 0 spiro atoms. The lowest BCUT2D eigenvalue weighted by Crippen LogP contribution is -2.41. The number of rotatable bonds is 4. The highest BCUT2D eigenvalue weighted by Gasteiger charge is 2.53. The summed E-state index contributed by atoms with van der Waals surface area (Å²) < 4.78 is 28.7. The van der Waals surface area contributed by atoms with Gasteiger partial charge in [0.25, 0.3) is 0 Å². The van der Waals surface area contributed by atoms with Crippen molar-refractivity contribution >= 4 is 34.3 Å². The molecule has 2 aromatic rings. The van der Waals surface area contributed by atoms with Crippen molar-refractivity contribution in [2.45, 2.75) is 38.9 Å². The maximum absolute atomic E-state index is 15.9. The molecule has 1 heterocycles. The van der Waals surface area contributed by atoms with Crippen LogP contribution in [0, 0.1) is 0 Å². The molecule has 27 heavy (non-hydrogen) atoms. The first kappa shape index (κ1) is 20.1. The summed E-state index contributed by atoms with van der Waals surface area (Å²) in [6, 6.07) is 15.2. The molecule has 0 bridgehead atoms. The Bertz CT molecular complexity index is 852. The number of nitrogens with one attached hydrogen (secondary N) is 1. The van der Waals surface area contributed by atoms with E-state index < -0.39 is 24.0 Å². The smallest absolute Gasteiger partial charge is 0.398 e. The molecule has 1 N–H and O–H groups in total. The fraction of sp³-hybridized carbons (Fsp3) is 0.333. The number of anilines is 1. The van der Waals surface area contributed by atoms with Crippen molar-refractivity contribution in [2.24, 2.45) is 0 Å². The van der Waals surface area contributed by atoms with Gasteiger partial charge in [-0.1, -0.05) is 46.3 Å². The van der Waals surface area contributed by atoms with Crippen LogP contribution in [0.3, 0.4) is 0 Å². The SMILES string of the molecule is CNc1ccc(Br)cc1C(=C(F)B1OC(C)(C)C(C)(C)O1)c1ccccc1. The normalized spacial score (nSPS) is 19.0. The second kappa shape index (κ2) is 7.42. The van der Waals surface area contributed by atoms with Crippen molar-refractivity contribution in [3.63, 3.8) is 0 Å². The van der Waals surface area contributed by atoms with Crippen LogP contribution < -0.4 is 5.32 Å². The second-order valence-electron chi connectivity index (χ2n) is 7.62. The average molecular weight is 432 g/mol. The van der Waals surface area contributed by atoms with Crippen LogP contribution in [-0.2, 0) is 9.31 Å². The first-order valence-corrected chi connectivity index (χ1v) is 9.74. The summed E-state index contributed by atoms with van der Waals surface area (Å²) in [4.78, 5) is 0. The van der Waals surface area contributed by atoms with Crippen molar-refractivity contribution in [2.75, 3.05) is 12.4 Å². The first-order chi connectivity index (χ1) is 12.7. The van der Waals surface area contributed by atoms with Gasteiger partial charge in [0.15, 0.2) is 0 Å². The predicted molar refractivity (Wildman–Crippen MR) is 113 cm³/mol. The lowest BCUT2D eigenvalue weighted by atomic mass is 9.80. The summed E-state index contributed by atoms with van der Waals surface area (Å²) in [7, 11) is 0.760. The zero-order valence-electron chi connectivity index (χ0n) is 16.3. The van der Waals surface area contributed by atoms with Gasteiger partial charge in [-0.3, -0.25) is 0 Å². The Morgan fingerprint density at radius 3 is 2.15 bits per heavy atom. The summed E-state index contributed by atoms with van der Waals surface area (Å²) in [6.45, 7) is 7.67. The fourth-order valence-corrected chi connectivity index (χ4v) is 3.39. The Labute approximate surface area is 169 Å². The summed E-state index contributed by atoms with van der Waals surface area (Å²) in [6.07, 6.45) is 0. The van der Waals surface area contributed by atoms with E-state index in [0.717, 1.165) is 21.3 Å². The minimum atomic E-state index is -1.06.